The van der Waals surface area contributed by atoms with Crippen LogP contribution in [0.2, 0.25) is 0 Å². The van der Waals surface area contributed by atoms with Crippen LogP contribution in [0.15, 0.2) is 89.9 Å². The molecule has 3 heterocycles. The molecule has 2 aromatic carbocycles. The van der Waals surface area contributed by atoms with Gasteiger partial charge in [0.2, 0.25) is 5.91 Å². The van der Waals surface area contributed by atoms with Crippen molar-refractivity contribution in [3.05, 3.63) is 106 Å². The van der Waals surface area contributed by atoms with E-state index in [1.165, 1.54) is 12.1 Å². The summed E-state index contributed by atoms with van der Waals surface area (Å²) in [7, 11) is 0. The summed E-state index contributed by atoms with van der Waals surface area (Å²) in [6.07, 6.45) is 4.77. The first-order valence-corrected chi connectivity index (χ1v) is 11.5. The van der Waals surface area contributed by atoms with Crippen molar-refractivity contribution in [2.75, 3.05) is 10.2 Å². The Kier molecular flexibility index (Phi) is 4.66. The van der Waals surface area contributed by atoms with Crippen LogP contribution < -0.4 is 10.2 Å². The van der Waals surface area contributed by atoms with Gasteiger partial charge in [-0.3, -0.25) is 24.6 Å². The number of nitrogens with zero attached hydrogens (tertiary/aromatic N) is 4. The molecule has 0 fully saturated rings. The van der Waals surface area contributed by atoms with E-state index in [1.54, 1.807) is 70.4 Å². The number of hydrogen-bond acceptors (Lipinski definition) is 6. The van der Waals surface area contributed by atoms with Crippen molar-refractivity contribution in [1.29, 1.82) is 5.26 Å². The van der Waals surface area contributed by atoms with Crippen LogP contribution in [-0.4, -0.2) is 21.2 Å². The maximum atomic E-state index is 13.9. The molecule has 1 amide bonds. The number of nitro groups is 1. The van der Waals surface area contributed by atoms with E-state index in [2.05, 4.69) is 11.4 Å². The van der Waals surface area contributed by atoms with Gasteiger partial charge in [0.05, 0.1) is 16.2 Å². The van der Waals surface area contributed by atoms with Crippen molar-refractivity contribution in [3.8, 4) is 6.07 Å². The number of nitrogens with one attached hydrogen (secondary N) is 1. The van der Waals surface area contributed by atoms with Gasteiger partial charge >= 0.3 is 0 Å². The normalized spacial score (nSPS) is 20.8. The summed E-state index contributed by atoms with van der Waals surface area (Å²) in [4.78, 5) is 40.4. The van der Waals surface area contributed by atoms with Crippen molar-refractivity contribution in [3.63, 3.8) is 0 Å². The second-order valence-electron chi connectivity index (χ2n) is 8.86. The number of ketones is 1. The van der Waals surface area contributed by atoms with Gasteiger partial charge in [0, 0.05) is 53.5 Å². The largest absolute Gasteiger partial charge is 0.324 e. The van der Waals surface area contributed by atoms with Crippen LogP contribution in [0, 0.1) is 21.4 Å². The predicted octanol–water partition coefficient (Wildman–Crippen LogP) is 4.51. The number of non-ortho nitro benzene ring substituents is 1. The summed E-state index contributed by atoms with van der Waals surface area (Å²) in [6, 6.07) is 19.0. The molecular weight excluding hydrogens is 458 g/mol. The number of hydrogen-bond donors (Lipinski definition) is 1. The molecule has 3 aliphatic rings. The first-order chi connectivity index (χ1) is 17.5. The monoisotopic (exact) mass is 477 g/mol. The molecule has 1 spiro atoms. The zero-order valence-electron chi connectivity index (χ0n) is 19.0. The van der Waals surface area contributed by atoms with E-state index in [1.807, 2.05) is 0 Å². The molecule has 36 heavy (non-hydrogen) atoms. The number of para-hydroxylation sites is 1. The van der Waals surface area contributed by atoms with E-state index in [0.29, 0.717) is 41.3 Å². The number of carbonyl (C=O) groups excluding carboxylic acids is 2. The summed E-state index contributed by atoms with van der Waals surface area (Å²) in [5.74, 6) is -0.299. The lowest BCUT2D eigenvalue weighted by atomic mass is 9.63. The molecule has 0 unspecified atom stereocenters. The Balaban J connectivity index is 1.77. The fourth-order valence-electron chi connectivity index (χ4n) is 5.64. The van der Waals surface area contributed by atoms with Gasteiger partial charge < -0.3 is 9.88 Å². The first-order valence-electron chi connectivity index (χ1n) is 11.5. The van der Waals surface area contributed by atoms with Gasteiger partial charge in [0.1, 0.15) is 17.3 Å². The van der Waals surface area contributed by atoms with Crippen LogP contribution in [0.5, 0.6) is 0 Å². The lowest BCUT2D eigenvalue weighted by Gasteiger charge is -2.44. The quantitative estimate of drug-likeness (QED) is 0.438. The van der Waals surface area contributed by atoms with E-state index >= 15 is 0 Å². The van der Waals surface area contributed by atoms with E-state index < -0.39 is 16.2 Å². The Morgan fingerprint density at radius 2 is 1.81 bits per heavy atom. The highest BCUT2D eigenvalue weighted by Gasteiger charge is 2.60. The van der Waals surface area contributed by atoms with E-state index in [-0.39, 0.29) is 29.0 Å². The molecule has 9 nitrogen and oxygen atoms in total. The Morgan fingerprint density at radius 1 is 1.03 bits per heavy atom. The fraction of sp³-hybridized carbons (Fsp3) is 0.148. The molecule has 3 aromatic rings. The zero-order valence-corrected chi connectivity index (χ0v) is 19.0. The SMILES string of the molecule is N#CC1=C(n2cccc2)N(c2cccc([N+](=O)[O-])c2)C2=C(C(=O)CCC2)[C@@]12C(=O)Nc1ccccc12. The van der Waals surface area contributed by atoms with Crippen LogP contribution in [-0.2, 0) is 15.0 Å². The summed E-state index contributed by atoms with van der Waals surface area (Å²) >= 11 is 0. The predicted molar refractivity (Wildman–Crippen MR) is 131 cm³/mol. The number of allylic oxidation sites excluding steroid dienone is 1. The molecule has 2 aliphatic heterocycles. The average molecular weight is 477 g/mol. The maximum absolute atomic E-state index is 13.9. The number of carbonyl (C=O) groups is 2. The highest BCUT2D eigenvalue weighted by atomic mass is 16.6. The number of benzene rings is 2. The number of rotatable bonds is 3. The van der Waals surface area contributed by atoms with Gasteiger partial charge in [0.15, 0.2) is 5.78 Å². The minimum Gasteiger partial charge on any atom is -0.324 e. The third-order valence-electron chi connectivity index (χ3n) is 7.02. The molecule has 1 aliphatic carbocycles. The van der Waals surface area contributed by atoms with E-state index in [0.717, 1.165) is 0 Å². The summed E-state index contributed by atoms with van der Waals surface area (Å²) in [5.41, 5.74) is 0.720. The summed E-state index contributed by atoms with van der Waals surface area (Å²) in [5, 5.41) is 25.1. The van der Waals surface area contributed by atoms with Crippen molar-refractivity contribution >= 4 is 34.6 Å². The Hall–Kier alpha value is -4.97. The molecule has 1 atom stereocenters. The number of anilines is 2. The fourth-order valence-corrected chi connectivity index (χ4v) is 5.64. The minimum absolute atomic E-state index is 0.0849. The third-order valence-corrected chi connectivity index (χ3v) is 7.02. The third kappa shape index (κ3) is 2.75. The highest BCUT2D eigenvalue weighted by molar-refractivity contribution is 6.21. The number of Topliss-reactive ketones (excluding diaryl/α,β-unsaturated/α-hetero) is 1. The van der Waals surface area contributed by atoms with E-state index in [9.17, 15) is 25.0 Å². The molecular formula is C27H19N5O4. The number of nitro benzene ring substituents is 1. The second kappa shape index (κ2) is 7.78. The standard InChI is InChI=1S/C27H19N5O4/c28-16-20-25(30-13-3-4-14-30)31(17-7-5-8-18(15-17)32(35)36)22-11-6-12-23(33)24(22)27(20)19-9-1-2-10-21(19)29-26(27)34/h1-5,7-10,13-15H,6,11-12H2,(H,29,34)/t27-/m0/s1. The molecule has 0 saturated heterocycles. The van der Waals surface area contributed by atoms with Gasteiger partial charge in [0.25, 0.3) is 5.69 Å². The summed E-state index contributed by atoms with van der Waals surface area (Å²) in [6.45, 7) is 0. The maximum Gasteiger partial charge on any atom is 0.271 e. The lowest BCUT2D eigenvalue weighted by Crippen LogP contribution is -2.49. The summed E-state index contributed by atoms with van der Waals surface area (Å²) < 4.78 is 1.72. The Labute approximate surface area is 205 Å². The average Bonchev–Trinajstić information content (AvgIpc) is 3.51. The van der Waals surface area contributed by atoms with Gasteiger partial charge in [-0.2, -0.15) is 5.26 Å². The van der Waals surface area contributed by atoms with E-state index in [4.69, 9.17) is 0 Å². The Bertz CT molecular complexity index is 1580. The smallest absolute Gasteiger partial charge is 0.271 e. The van der Waals surface area contributed by atoms with Gasteiger partial charge in [-0.05, 0) is 37.1 Å². The van der Waals surface area contributed by atoms with Crippen LogP contribution in [0.3, 0.4) is 0 Å². The van der Waals surface area contributed by atoms with Crippen molar-refractivity contribution in [2.24, 2.45) is 0 Å². The highest BCUT2D eigenvalue weighted by Crippen LogP contribution is 2.56. The number of fused-ring (bicyclic) bond motifs is 3. The molecule has 1 aromatic heterocycles. The van der Waals surface area contributed by atoms with Crippen LogP contribution in [0.1, 0.15) is 24.8 Å². The minimum atomic E-state index is -1.62. The molecule has 9 heteroatoms. The zero-order chi connectivity index (χ0) is 25.0. The molecule has 6 rings (SSSR count). The van der Waals surface area contributed by atoms with Crippen molar-refractivity contribution < 1.29 is 14.5 Å². The Morgan fingerprint density at radius 3 is 2.56 bits per heavy atom. The van der Waals surface area contributed by atoms with Crippen molar-refractivity contribution in [1.82, 2.24) is 4.57 Å². The molecule has 0 bridgehead atoms. The van der Waals surface area contributed by atoms with Crippen LogP contribution >= 0.6 is 0 Å². The van der Waals surface area contributed by atoms with Gasteiger partial charge in [-0.1, -0.05) is 24.3 Å². The van der Waals surface area contributed by atoms with Gasteiger partial charge in [-0.25, -0.2) is 0 Å². The molecule has 1 N–H and O–H groups in total. The number of nitriles is 1. The van der Waals surface area contributed by atoms with Crippen molar-refractivity contribution in [2.45, 2.75) is 24.7 Å². The van der Waals surface area contributed by atoms with Crippen LogP contribution in [0.4, 0.5) is 17.1 Å². The second-order valence-corrected chi connectivity index (χ2v) is 8.86. The molecule has 0 radical (unpaired) electrons. The number of aromatic nitrogens is 1. The molecule has 0 saturated carbocycles. The van der Waals surface area contributed by atoms with Crippen LogP contribution in [0.25, 0.3) is 5.82 Å². The molecule has 176 valence electrons. The topological polar surface area (TPSA) is 121 Å². The lowest BCUT2D eigenvalue weighted by molar-refractivity contribution is -0.384. The first kappa shape index (κ1) is 21.6. The number of amides is 1. The van der Waals surface area contributed by atoms with Gasteiger partial charge in [-0.15, -0.1) is 0 Å².